The van der Waals surface area contributed by atoms with Crippen LogP contribution in [0.15, 0.2) is 35.1 Å². The van der Waals surface area contributed by atoms with Gasteiger partial charge in [-0.3, -0.25) is 14.9 Å². The summed E-state index contributed by atoms with van der Waals surface area (Å²) in [5.41, 5.74) is 0.589. The SMILES string of the molecule is Cn1c(=O)ccc2cc([N+](=O)[O-])ccc21. The number of aryl methyl sites for hydroxylation is 1. The number of aromatic nitrogens is 1. The van der Waals surface area contributed by atoms with E-state index in [0.717, 1.165) is 0 Å². The fourth-order valence-electron chi connectivity index (χ4n) is 1.49. The molecule has 2 rings (SSSR count). The van der Waals surface area contributed by atoms with Crippen LogP contribution in [0.2, 0.25) is 0 Å². The second-order valence-corrected chi connectivity index (χ2v) is 3.23. The number of nitro groups is 1. The number of hydrogen-bond donors (Lipinski definition) is 0. The maximum Gasteiger partial charge on any atom is 0.270 e. The molecule has 0 N–H and O–H groups in total. The molecule has 5 heteroatoms. The van der Waals surface area contributed by atoms with Crippen molar-refractivity contribution in [3.8, 4) is 0 Å². The molecule has 0 bridgehead atoms. The average Bonchev–Trinajstić information content (AvgIpc) is 2.23. The Hall–Kier alpha value is -2.17. The number of pyridine rings is 1. The van der Waals surface area contributed by atoms with Gasteiger partial charge in [-0.1, -0.05) is 0 Å². The highest BCUT2D eigenvalue weighted by molar-refractivity contribution is 5.81. The van der Waals surface area contributed by atoms with Crippen molar-refractivity contribution in [2.24, 2.45) is 7.05 Å². The summed E-state index contributed by atoms with van der Waals surface area (Å²) >= 11 is 0. The lowest BCUT2D eigenvalue weighted by molar-refractivity contribution is -0.384. The quantitative estimate of drug-likeness (QED) is 0.521. The lowest BCUT2D eigenvalue weighted by Gasteiger charge is -2.02. The van der Waals surface area contributed by atoms with Crippen molar-refractivity contribution in [1.82, 2.24) is 4.57 Å². The fourth-order valence-corrected chi connectivity index (χ4v) is 1.49. The monoisotopic (exact) mass is 204 g/mol. The summed E-state index contributed by atoms with van der Waals surface area (Å²) < 4.78 is 1.46. The molecule has 0 atom stereocenters. The van der Waals surface area contributed by atoms with Crippen LogP contribution in [0.1, 0.15) is 0 Å². The predicted molar refractivity (Wildman–Crippen MR) is 55.8 cm³/mol. The van der Waals surface area contributed by atoms with Crippen LogP contribution in [-0.2, 0) is 7.05 Å². The minimum absolute atomic E-state index is 0.0288. The van der Waals surface area contributed by atoms with E-state index in [1.807, 2.05) is 0 Å². The number of hydrogen-bond acceptors (Lipinski definition) is 3. The molecule has 0 saturated heterocycles. The Labute approximate surface area is 84.7 Å². The lowest BCUT2D eigenvalue weighted by Crippen LogP contribution is -2.14. The third-order valence-electron chi connectivity index (χ3n) is 2.32. The standard InChI is InChI=1S/C10H8N2O3/c1-11-9-4-3-8(12(14)15)6-7(9)2-5-10(11)13/h2-6H,1H3. The van der Waals surface area contributed by atoms with E-state index in [9.17, 15) is 14.9 Å². The molecule has 2 aromatic rings. The van der Waals surface area contributed by atoms with E-state index < -0.39 is 4.92 Å². The Morgan fingerprint density at radius 2 is 2.00 bits per heavy atom. The molecule has 0 spiro atoms. The predicted octanol–water partition coefficient (Wildman–Crippen LogP) is 1.45. The van der Waals surface area contributed by atoms with Crippen LogP contribution in [0, 0.1) is 10.1 Å². The van der Waals surface area contributed by atoms with Gasteiger partial charge in [0.1, 0.15) is 0 Å². The summed E-state index contributed by atoms with van der Waals surface area (Å²) in [7, 11) is 1.64. The summed E-state index contributed by atoms with van der Waals surface area (Å²) in [5.74, 6) is 0. The van der Waals surface area contributed by atoms with Gasteiger partial charge < -0.3 is 4.57 Å². The van der Waals surface area contributed by atoms with Gasteiger partial charge in [-0.2, -0.15) is 0 Å². The summed E-state index contributed by atoms with van der Waals surface area (Å²) in [6, 6.07) is 7.40. The molecule has 1 heterocycles. The first-order valence-electron chi connectivity index (χ1n) is 4.34. The maximum atomic E-state index is 11.3. The molecule has 0 amide bonds. The van der Waals surface area contributed by atoms with Crippen LogP contribution in [0.25, 0.3) is 10.9 Å². The fraction of sp³-hybridized carbons (Fsp3) is 0.100. The largest absolute Gasteiger partial charge is 0.311 e. The van der Waals surface area contributed by atoms with Crippen LogP contribution in [0.3, 0.4) is 0 Å². The molecular weight excluding hydrogens is 196 g/mol. The van der Waals surface area contributed by atoms with Crippen LogP contribution in [-0.4, -0.2) is 9.49 Å². The zero-order chi connectivity index (χ0) is 11.0. The number of nitro benzene ring substituents is 1. The second-order valence-electron chi connectivity index (χ2n) is 3.23. The molecule has 76 valence electrons. The van der Waals surface area contributed by atoms with Gasteiger partial charge in [-0.05, 0) is 12.1 Å². The molecule has 0 saturated carbocycles. The zero-order valence-electron chi connectivity index (χ0n) is 8.01. The van der Waals surface area contributed by atoms with Gasteiger partial charge in [0.05, 0.1) is 10.4 Å². The minimum atomic E-state index is -0.454. The van der Waals surface area contributed by atoms with E-state index in [1.165, 1.54) is 22.8 Å². The smallest absolute Gasteiger partial charge is 0.270 e. The van der Waals surface area contributed by atoms with Crippen molar-refractivity contribution in [2.75, 3.05) is 0 Å². The molecule has 0 unspecified atom stereocenters. The van der Waals surface area contributed by atoms with Gasteiger partial charge in [0.15, 0.2) is 0 Å². The molecule has 0 radical (unpaired) electrons. The van der Waals surface area contributed by atoms with Crippen molar-refractivity contribution in [1.29, 1.82) is 0 Å². The average molecular weight is 204 g/mol. The maximum absolute atomic E-state index is 11.3. The Morgan fingerprint density at radius 3 is 2.67 bits per heavy atom. The van der Waals surface area contributed by atoms with E-state index in [2.05, 4.69) is 0 Å². The Bertz CT molecular complexity index is 601. The van der Waals surface area contributed by atoms with Gasteiger partial charge in [-0.15, -0.1) is 0 Å². The number of benzene rings is 1. The molecule has 0 aliphatic rings. The van der Waals surface area contributed by atoms with Crippen molar-refractivity contribution >= 4 is 16.6 Å². The highest BCUT2D eigenvalue weighted by Gasteiger charge is 2.07. The molecule has 15 heavy (non-hydrogen) atoms. The van der Waals surface area contributed by atoms with Gasteiger partial charge in [-0.25, -0.2) is 0 Å². The number of rotatable bonds is 1. The zero-order valence-corrected chi connectivity index (χ0v) is 8.01. The summed E-state index contributed by atoms with van der Waals surface area (Å²) in [5, 5.41) is 11.2. The van der Waals surface area contributed by atoms with Crippen LogP contribution < -0.4 is 5.56 Å². The third kappa shape index (κ3) is 1.48. The van der Waals surface area contributed by atoms with Crippen LogP contribution in [0.5, 0.6) is 0 Å². The first-order chi connectivity index (χ1) is 7.09. The van der Waals surface area contributed by atoms with E-state index >= 15 is 0 Å². The molecular formula is C10H8N2O3. The van der Waals surface area contributed by atoms with E-state index in [1.54, 1.807) is 19.2 Å². The summed E-state index contributed by atoms with van der Waals surface area (Å²) in [4.78, 5) is 21.4. The minimum Gasteiger partial charge on any atom is -0.311 e. The van der Waals surface area contributed by atoms with Crippen LogP contribution in [0.4, 0.5) is 5.69 Å². The summed E-state index contributed by atoms with van der Waals surface area (Å²) in [6.45, 7) is 0. The van der Waals surface area contributed by atoms with Gasteiger partial charge in [0, 0.05) is 30.6 Å². The third-order valence-corrected chi connectivity index (χ3v) is 2.32. The summed E-state index contributed by atoms with van der Waals surface area (Å²) in [6.07, 6.45) is 0. The van der Waals surface area contributed by atoms with E-state index in [-0.39, 0.29) is 11.2 Å². The Kier molecular flexibility index (Phi) is 2.00. The first-order valence-corrected chi connectivity index (χ1v) is 4.34. The van der Waals surface area contributed by atoms with Crippen LogP contribution >= 0.6 is 0 Å². The van der Waals surface area contributed by atoms with Crippen molar-refractivity contribution < 1.29 is 4.92 Å². The van der Waals surface area contributed by atoms with E-state index in [4.69, 9.17) is 0 Å². The normalized spacial score (nSPS) is 10.5. The highest BCUT2D eigenvalue weighted by atomic mass is 16.6. The van der Waals surface area contributed by atoms with Crippen molar-refractivity contribution in [3.63, 3.8) is 0 Å². The van der Waals surface area contributed by atoms with Crippen molar-refractivity contribution in [2.45, 2.75) is 0 Å². The molecule has 0 fully saturated rings. The van der Waals surface area contributed by atoms with Gasteiger partial charge in [0.2, 0.25) is 0 Å². The van der Waals surface area contributed by atoms with Gasteiger partial charge in [0.25, 0.3) is 11.2 Å². The molecule has 1 aromatic heterocycles. The first kappa shape index (κ1) is 9.39. The molecule has 0 aliphatic carbocycles. The highest BCUT2D eigenvalue weighted by Crippen LogP contribution is 2.18. The van der Waals surface area contributed by atoms with Gasteiger partial charge >= 0.3 is 0 Å². The molecule has 1 aromatic carbocycles. The Balaban J connectivity index is 2.81. The number of non-ortho nitro benzene ring substituents is 1. The topological polar surface area (TPSA) is 65.1 Å². The van der Waals surface area contributed by atoms with Crippen molar-refractivity contribution in [3.05, 3.63) is 50.8 Å². The second kappa shape index (κ2) is 3.20. The number of fused-ring (bicyclic) bond motifs is 1. The molecule has 5 nitrogen and oxygen atoms in total. The molecule has 0 aliphatic heterocycles. The lowest BCUT2D eigenvalue weighted by atomic mass is 10.2. The Morgan fingerprint density at radius 1 is 1.27 bits per heavy atom. The number of nitrogens with zero attached hydrogens (tertiary/aromatic N) is 2. The van der Waals surface area contributed by atoms with E-state index in [0.29, 0.717) is 10.9 Å².